The third kappa shape index (κ3) is 5.59. The van der Waals surface area contributed by atoms with Gasteiger partial charge in [0.05, 0.1) is 6.61 Å². The summed E-state index contributed by atoms with van der Waals surface area (Å²) in [5.41, 5.74) is 1.01. The number of benzene rings is 1. The van der Waals surface area contributed by atoms with E-state index in [0.29, 0.717) is 12.5 Å². The van der Waals surface area contributed by atoms with Crippen molar-refractivity contribution in [3.63, 3.8) is 0 Å². The minimum Gasteiger partial charge on any atom is -0.445 e. The van der Waals surface area contributed by atoms with Crippen LogP contribution in [0.3, 0.4) is 0 Å². The predicted octanol–water partition coefficient (Wildman–Crippen LogP) is 2.76. The standard InChI is InChI=1S/C16H23NO3S/c18-10-11-21-13-15-6-8-17(9-7-15)16(19)20-12-14-4-2-1-3-5-14/h1-5,15,18H,6-13H2. The Kier molecular flexibility index (Phi) is 6.89. The summed E-state index contributed by atoms with van der Waals surface area (Å²) in [7, 11) is 0. The lowest BCUT2D eigenvalue weighted by molar-refractivity contribution is 0.0840. The fraction of sp³-hybridized carbons (Fsp3) is 0.562. The van der Waals surface area contributed by atoms with E-state index in [1.165, 1.54) is 0 Å². The van der Waals surface area contributed by atoms with Crippen LogP contribution < -0.4 is 0 Å². The Morgan fingerprint density at radius 1 is 1.29 bits per heavy atom. The molecule has 0 radical (unpaired) electrons. The number of piperidine rings is 1. The smallest absolute Gasteiger partial charge is 0.410 e. The molecule has 0 aromatic heterocycles. The molecule has 0 aliphatic carbocycles. The van der Waals surface area contributed by atoms with Gasteiger partial charge < -0.3 is 14.7 Å². The molecule has 0 spiro atoms. The van der Waals surface area contributed by atoms with E-state index in [1.807, 2.05) is 30.3 Å². The van der Waals surface area contributed by atoms with Crippen molar-refractivity contribution in [2.75, 3.05) is 31.2 Å². The number of carbonyl (C=O) groups excluding carboxylic acids is 1. The first-order chi connectivity index (χ1) is 10.3. The highest BCUT2D eigenvalue weighted by atomic mass is 32.2. The number of amides is 1. The molecular formula is C16H23NO3S. The lowest BCUT2D eigenvalue weighted by Crippen LogP contribution is -2.39. The van der Waals surface area contributed by atoms with Gasteiger partial charge >= 0.3 is 6.09 Å². The highest BCUT2D eigenvalue weighted by molar-refractivity contribution is 7.99. The maximum absolute atomic E-state index is 12.0. The van der Waals surface area contributed by atoms with Crippen LogP contribution in [0, 0.1) is 5.92 Å². The third-order valence-electron chi connectivity index (χ3n) is 3.67. The normalized spacial score (nSPS) is 16.0. The minimum absolute atomic E-state index is 0.208. The molecule has 1 saturated heterocycles. The Balaban J connectivity index is 1.66. The van der Waals surface area contributed by atoms with Crippen molar-refractivity contribution in [2.45, 2.75) is 19.4 Å². The van der Waals surface area contributed by atoms with Gasteiger partial charge in [0.15, 0.2) is 0 Å². The summed E-state index contributed by atoms with van der Waals surface area (Å²) in [6, 6.07) is 9.75. The predicted molar refractivity (Wildman–Crippen MR) is 85.3 cm³/mol. The Labute approximate surface area is 130 Å². The molecule has 21 heavy (non-hydrogen) atoms. The van der Waals surface area contributed by atoms with Crippen LogP contribution in [0.15, 0.2) is 30.3 Å². The van der Waals surface area contributed by atoms with E-state index in [9.17, 15) is 4.79 Å². The van der Waals surface area contributed by atoms with Crippen LogP contribution in [0.1, 0.15) is 18.4 Å². The van der Waals surface area contributed by atoms with Gasteiger partial charge in [0, 0.05) is 18.8 Å². The second-order valence-corrected chi connectivity index (χ2v) is 6.42. The molecule has 5 heteroatoms. The van der Waals surface area contributed by atoms with E-state index < -0.39 is 0 Å². The van der Waals surface area contributed by atoms with Crippen LogP contribution in [-0.4, -0.2) is 47.3 Å². The number of hydrogen-bond donors (Lipinski definition) is 1. The van der Waals surface area contributed by atoms with E-state index in [1.54, 1.807) is 16.7 Å². The van der Waals surface area contributed by atoms with E-state index >= 15 is 0 Å². The Bertz CT molecular complexity index is 419. The van der Waals surface area contributed by atoms with Gasteiger partial charge in [0.1, 0.15) is 6.61 Å². The van der Waals surface area contributed by atoms with Crippen molar-refractivity contribution >= 4 is 17.9 Å². The first-order valence-corrected chi connectivity index (χ1v) is 8.59. The number of ether oxygens (including phenoxy) is 1. The molecule has 4 nitrogen and oxygen atoms in total. The van der Waals surface area contributed by atoms with E-state index in [-0.39, 0.29) is 12.7 Å². The average Bonchev–Trinajstić information content (AvgIpc) is 2.54. The first kappa shape index (κ1) is 16.2. The van der Waals surface area contributed by atoms with Crippen LogP contribution >= 0.6 is 11.8 Å². The molecule has 1 aliphatic rings. The first-order valence-electron chi connectivity index (χ1n) is 7.44. The second kappa shape index (κ2) is 8.95. The zero-order valence-electron chi connectivity index (χ0n) is 12.2. The lowest BCUT2D eigenvalue weighted by atomic mass is 9.99. The van der Waals surface area contributed by atoms with Gasteiger partial charge in [-0.25, -0.2) is 4.79 Å². The van der Waals surface area contributed by atoms with E-state index in [2.05, 4.69) is 0 Å². The molecular weight excluding hydrogens is 286 g/mol. The molecule has 0 unspecified atom stereocenters. The number of thioether (sulfide) groups is 1. The van der Waals surface area contributed by atoms with Crippen molar-refractivity contribution in [1.29, 1.82) is 0 Å². The van der Waals surface area contributed by atoms with Gasteiger partial charge in [-0.2, -0.15) is 11.8 Å². The highest BCUT2D eigenvalue weighted by Gasteiger charge is 2.23. The Hall–Kier alpha value is -1.20. The van der Waals surface area contributed by atoms with Crippen LogP contribution in [0.4, 0.5) is 4.79 Å². The average molecular weight is 309 g/mol. The molecule has 1 fully saturated rings. The molecule has 2 rings (SSSR count). The number of hydrogen-bond acceptors (Lipinski definition) is 4. The third-order valence-corrected chi connectivity index (χ3v) is 4.85. The molecule has 1 aromatic carbocycles. The molecule has 1 aromatic rings. The van der Waals surface area contributed by atoms with Crippen molar-refractivity contribution in [2.24, 2.45) is 5.92 Å². The number of aliphatic hydroxyl groups excluding tert-OH is 1. The van der Waals surface area contributed by atoms with Crippen LogP contribution in [0.5, 0.6) is 0 Å². The second-order valence-electron chi connectivity index (χ2n) is 5.27. The maximum Gasteiger partial charge on any atom is 0.410 e. The monoisotopic (exact) mass is 309 g/mol. The van der Waals surface area contributed by atoms with Crippen molar-refractivity contribution in [3.05, 3.63) is 35.9 Å². The molecule has 1 amide bonds. The van der Waals surface area contributed by atoms with Gasteiger partial charge in [0.25, 0.3) is 0 Å². The van der Waals surface area contributed by atoms with Crippen LogP contribution in [-0.2, 0) is 11.3 Å². The summed E-state index contributed by atoms with van der Waals surface area (Å²) in [6.07, 6.45) is 1.85. The summed E-state index contributed by atoms with van der Waals surface area (Å²) < 4.78 is 5.35. The van der Waals surface area contributed by atoms with Crippen molar-refractivity contribution in [1.82, 2.24) is 4.90 Å². The number of likely N-dealkylation sites (tertiary alicyclic amines) is 1. The number of rotatable bonds is 6. The molecule has 0 bridgehead atoms. The highest BCUT2D eigenvalue weighted by Crippen LogP contribution is 2.22. The van der Waals surface area contributed by atoms with Crippen LogP contribution in [0.2, 0.25) is 0 Å². The summed E-state index contributed by atoms with van der Waals surface area (Å²) in [4.78, 5) is 13.8. The lowest BCUT2D eigenvalue weighted by Gasteiger charge is -2.31. The maximum atomic E-state index is 12.0. The zero-order valence-corrected chi connectivity index (χ0v) is 13.1. The molecule has 0 atom stereocenters. The quantitative estimate of drug-likeness (QED) is 0.821. The molecule has 0 saturated carbocycles. The summed E-state index contributed by atoms with van der Waals surface area (Å²) in [5, 5.41) is 8.77. The van der Waals surface area contributed by atoms with Gasteiger partial charge in [-0.3, -0.25) is 0 Å². The Morgan fingerprint density at radius 2 is 2.00 bits per heavy atom. The van der Waals surface area contributed by atoms with Crippen molar-refractivity contribution in [3.8, 4) is 0 Å². The van der Waals surface area contributed by atoms with E-state index in [4.69, 9.17) is 9.84 Å². The fourth-order valence-corrected chi connectivity index (χ4v) is 3.37. The van der Waals surface area contributed by atoms with Gasteiger partial charge in [-0.1, -0.05) is 30.3 Å². The summed E-state index contributed by atoms with van der Waals surface area (Å²) >= 11 is 1.79. The van der Waals surface area contributed by atoms with Gasteiger partial charge in [-0.15, -0.1) is 0 Å². The van der Waals surface area contributed by atoms with Gasteiger partial charge in [0.2, 0.25) is 0 Å². The molecule has 1 N–H and O–H groups in total. The number of carbonyl (C=O) groups is 1. The molecule has 116 valence electrons. The summed E-state index contributed by atoms with van der Waals surface area (Å²) in [6.45, 7) is 2.14. The van der Waals surface area contributed by atoms with Gasteiger partial charge in [-0.05, 0) is 30.1 Å². The molecule has 1 heterocycles. The minimum atomic E-state index is -0.208. The fourth-order valence-electron chi connectivity index (χ4n) is 2.41. The number of nitrogens with zero attached hydrogens (tertiary/aromatic N) is 1. The van der Waals surface area contributed by atoms with E-state index in [0.717, 1.165) is 43.0 Å². The number of aliphatic hydroxyl groups is 1. The zero-order chi connectivity index (χ0) is 14.9. The Morgan fingerprint density at radius 3 is 2.67 bits per heavy atom. The topological polar surface area (TPSA) is 49.8 Å². The van der Waals surface area contributed by atoms with Crippen LogP contribution in [0.25, 0.3) is 0 Å². The summed E-state index contributed by atoms with van der Waals surface area (Å²) in [5.74, 6) is 2.53. The van der Waals surface area contributed by atoms with Crippen molar-refractivity contribution < 1.29 is 14.6 Å². The molecule has 1 aliphatic heterocycles. The SMILES string of the molecule is O=C(OCc1ccccc1)N1CCC(CSCCO)CC1. The largest absolute Gasteiger partial charge is 0.445 e.